The summed E-state index contributed by atoms with van der Waals surface area (Å²) >= 11 is 5.95. The highest BCUT2D eigenvalue weighted by molar-refractivity contribution is 6.30. The lowest BCUT2D eigenvalue weighted by atomic mass is 9.97. The first-order valence-electron chi connectivity index (χ1n) is 13.6. The summed E-state index contributed by atoms with van der Waals surface area (Å²) in [7, 11) is 3.35. The van der Waals surface area contributed by atoms with Gasteiger partial charge in [-0.1, -0.05) is 30.2 Å². The number of anilines is 1. The van der Waals surface area contributed by atoms with Gasteiger partial charge in [0, 0.05) is 43.5 Å². The van der Waals surface area contributed by atoms with E-state index in [1.54, 1.807) is 57.5 Å². The number of rotatable bonds is 4. The maximum Gasteiger partial charge on any atom is 0.255 e. The van der Waals surface area contributed by atoms with Crippen molar-refractivity contribution in [2.45, 2.75) is 38.6 Å². The van der Waals surface area contributed by atoms with Gasteiger partial charge in [-0.3, -0.25) is 19.4 Å². The van der Waals surface area contributed by atoms with Crippen LogP contribution < -0.4 is 10.6 Å². The molecule has 0 saturated carbocycles. The fraction of sp³-hybridized carbons (Fsp3) is 0.258. The maximum absolute atomic E-state index is 14.7. The molecule has 11 heteroatoms. The Kier molecular flexibility index (Phi) is 8.35. The standard InChI is InChI=1S/C31H30ClFN6O3/c1-18-22(17-35-39(18)27-9-6-7-23(32)29(27)33)30(41)37-24-8-4-5-10-28(40)36-25-16-20(31(42)38(2)3)11-12-21(25)19-13-14-34-26(24)15-19/h6-7,9,11-17,24H,4-5,8,10H2,1-3H3,(H,36,40)(H,37,41). The number of halogens is 2. The van der Waals surface area contributed by atoms with Crippen LogP contribution >= 0.6 is 11.6 Å². The van der Waals surface area contributed by atoms with Crippen LogP contribution in [0.4, 0.5) is 10.1 Å². The summed E-state index contributed by atoms with van der Waals surface area (Å²) in [5, 5.41) is 10.3. The Labute approximate surface area is 247 Å². The molecule has 0 spiro atoms. The second kappa shape index (κ2) is 12.1. The van der Waals surface area contributed by atoms with Crippen molar-refractivity contribution in [2.75, 3.05) is 19.4 Å². The molecule has 2 aromatic carbocycles. The van der Waals surface area contributed by atoms with E-state index >= 15 is 0 Å². The molecule has 2 aromatic heterocycles. The van der Waals surface area contributed by atoms with Crippen LogP contribution in [0.2, 0.25) is 5.02 Å². The monoisotopic (exact) mass is 588 g/mol. The van der Waals surface area contributed by atoms with Gasteiger partial charge in [0.1, 0.15) is 5.69 Å². The molecule has 9 nitrogen and oxygen atoms in total. The van der Waals surface area contributed by atoms with Crippen molar-refractivity contribution in [3.8, 4) is 16.8 Å². The molecule has 1 aliphatic heterocycles. The van der Waals surface area contributed by atoms with Gasteiger partial charge in [-0.25, -0.2) is 9.07 Å². The minimum absolute atomic E-state index is 0.0386. The van der Waals surface area contributed by atoms with Crippen molar-refractivity contribution in [3.05, 3.63) is 94.3 Å². The van der Waals surface area contributed by atoms with E-state index < -0.39 is 11.9 Å². The normalized spacial score (nSPS) is 15.1. The summed E-state index contributed by atoms with van der Waals surface area (Å²) in [6.07, 6.45) is 5.14. The smallest absolute Gasteiger partial charge is 0.255 e. The van der Waals surface area contributed by atoms with Crippen LogP contribution in [-0.2, 0) is 4.79 Å². The Balaban J connectivity index is 1.48. The fourth-order valence-corrected chi connectivity index (χ4v) is 5.17. The third kappa shape index (κ3) is 5.89. The number of benzene rings is 2. The Morgan fingerprint density at radius 1 is 1.14 bits per heavy atom. The Bertz CT molecular complexity index is 1690. The van der Waals surface area contributed by atoms with Gasteiger partial charge in [0.15, 0.2) is 5.82 Å². The van der Waals surface area contributed by atoms with Gasteiger partial charge in [0.05, 0.1) is 34.2 Å². The van der Waals surface area contributed by atoms with Crippen LogP contribution in [0, 0.1) is 12.7 Å². The summed E-state index contributed by atoms with van der Waals surface area (Å²) in [5.41, 5.74) is 4.04. The first-order valence-corrected chi connectivity index (χ1v) is 13.9. The molecule has 2 bridgehead atoms. The van der Waals surface area contributed by atoms with E-state index in [4.69, 9.17) is 11.6 Å². The van der Waals surface area contributed by atoms with E-state index in [-0.39, 0.29) is 34.9 Å². The third-order valence-electron chi connectivity index (χ3n) is 7.26. The van der Waals surface area contributed by atoms with Crippen molar-refractivity contribution in [3.63, 3.8) is 0 Å². The van der Waals surface area contributed by atoms with E-state index in [0.29, 0.717) is 47.5 Å². The highest BCUT2D eigenvalue weighted by atomic mass is 35.5. The molecular weight excluding hydrogens is 559 g/mol. The molecule has 0 fully saturated rings. The lowest BCUT2D eigenvalue weighted by Gasteiger charge is -2.21. The molecule has 1 aliphatic rings. The largest absolute Gasteiger partial charge is 0.345 e. The first kappa shape index (κ1) is 28.9. The van der Waals surface area contributed by atoms with E-state index in [1.165, 1.54) is 21.8 Å². The number of hydrogen-bond acceptors (Lipinski definition) is 5. The third-order valence-corrected chi connectivity index (χ3v) is 7.55. The van der Waals surface area contributed by atoms with Crippen LogP contribution in [0.3, 0.4) is 0 Å². The second-order valence-electron chi connectivity index (χ2n) is 10.4. The zero-order valence-corrected chi connectivity index (χ0v) is 24.2. The van der Waals surface area contributed by atoms with Crippen molar-refractivity contribution in [2.24, 2.45) is 0 Å². The van der Waals surface area contributed by atoms with Gasteiger partial charge < -0.3 is 15.5 Å². The number of hydrogen-bond donors (Lipinski definition) is 2. The average Bonchev–Trinajstić information content (AvgIpc) is 3.36. The van der Waals surface area contributed by atoms with E-state index in [9.17, 15) is 18.8 Å². The van der Waals surface area contributed by atoms with Crippen LogP contribution in [0.15, 0.2) is 60.9 Å². The van der Waals surface area contributed by atoms with Crippen LogP contribution in [-0.4, -0.2) is 51.5 Å². The number of pyridine rings is 1. The van der Waals surface area contributed by atoms with Crippen molar-refractivity contribution < 1.29 is 18.8 Å². The van der Waals surface area contributed by atoms with Crippen molar-refractivity contribution in [1.82, 2.24) is 25.0 Å². The zero-order valence-electron chi connectivity index (χ0n) is 23.4. The van der Waals surface area contributed by atoms with Crippen molar-refractivity contribution >= 4 is 35.0 Å². The van der Waals surface area contributed by atoms with Gasteiger partial charge in [0.25, 0.3) is 11.8 Å². The minimum Gasteiger partial charge on any atom is -0.345 e. The number of aromatic nitrogens is 3. The molecule has 0 saturated heterocycles. The lowest BCUT2D eigenvalue weighted by molar-refractivity contribution is -0.116. The van der Waals surface area contributed by atoms with E-state index in [2.05, 4.69) is 20.7 Å². The molecule has 42 heavy (non-hydrogen) atoms. The lowest BCUT2D eigenvalue weighted by Crippen LogP contribution is -2.29. The minimum atomic E-state index is -0.625. The quantitative estimate of drug-likeness (QED) is 0.317. The second-order valence-corrected chi connectivity index (χ2v) is 10.8. The molecule has 0 radical (unpaired) electrons. The number of fused-ring (bicyclic) bond motifs is 4. The predicted molar refractivity (Wildman–Crippen MR) is 158 cm³/mol. The van der Waals surface area contributed by atoms with Crippen molar-refractivity contribution in [1.29, 1.82) is 0 Å². The molecule has 2 N–H and O–H groups in total. The Morgan fingerprint density at radius 2 is 1.95 bits per heavy atom. The summed E-state index contributed by atoms with van der Waals surface area (Å²) in [4.78, 5) is 45.0. The van der Waals surface area contributed by atoms with E-state index in [1.807, 2.05) is 12.1 Å². The molecular formula is C31H30ClFN6O3. The molecule has 0 aliphatic carbocycles. The van der Waals surface area contributed by atoms with Crippen LogP contribution in [0.1, 0.15) is 63.8 Å². The zero-order chi connectivity index (χ0) is 30.0. The predicted octanol–water partition coefficient (Wildman–Crippen LogP) is 5.72. The number of carbonyl (C=O) groups excluding carboxylic acids is 3. The topological polar surface area (TPSA) is 109 Å². The van der Waals surface area contributed by atoms with Gasteiger partial charge in [-0.2, -0.15) is 5.10 Å². The molecule has 3 heterocycles. The molecule has 5 rings (SSSR count). The summed E-state index contributed by atoms with van der Waals surface area (Å²) < 4.78 is 16.0. The highest BCUT2D eigenvalue weighted by Gasteiger charge is 2.23. The molecule has 1 unspecified atom stereocenters. The van der Waals surface area contributed by atoms with Gasteiger partial charge in [-0.15, -0.1) is 0 Å². The van der Waals surface area contributed by atoms with E-state index in [0.717, 1.165) is 11.1 Å². The number of amides is 3. The number of nitrogens with zero attached hydrogens (tertiary/aromatic N) is 4. The van der Waals surface area contributed by atoms with Crippen LogP contribution in [0.25, 0.3) is 16.8 Å². The number of carbonyl (C=O) groups is 3. The molecule has 3 amide bonds. The van der Waals surface area contributed by atoms with Gasteiger partial charge in [0.2, 0.25) is 5.91 Å². The maximum atomic E-state index is 14.7. The Morgan fingerprint density at radius 3 is 2.74 bits per heavy atom. The Hall–Kier alpha value is -4.57. The molecule has 4 aromatic rings. The first-order chi connectivity index (χ1) is 20.1. The van der Waals surface area contributed by atoms with Gasteiger partial charge >= 0.3 is 0 Å². The average molecular weight is 589 g/mol. The summed E-state index contributed by atoms with van der Waals surface area (Å²) in [6.45, 7) is 1.69. The summed E-state index contributed by atoms with van der Waals surface area (Å²) in [5.74, 6) is -1.33. The van der Waals surface area contributed by atoms with Gasteiger partial charge in [-0.05, 0) is 61.7 Å². The fourth-order valence-electron chi connectivity index (χ4n) is 5.01. The highest BCUT2D eigenvalue weighted by Crippen LogP contribution is 2.32. The number of nitrogens with one attached hydrogen (secondary N) is 2. The molecule has 1 atom stereocenters. The summed E-state index contributed by atoms with van der Waals surface area (Å²) in [6, 6.07) is 13.1. The molecule has 216 valence electrons. The SMILES string of the molecule is Cc1c(C(=O)NC2CCCCC(=O)Nc3cc(C(=O)N(C)C)ccc3-c3ccnc2c3)cnn1-c1cccc(Cl)c1F. The van der Waals surface area contributed by atoms with Crippen LogP contribution in [0.5, 0.6) is 0 Å².